The number of Topliss-reactive ketones (excluding diaryl/α,β-unsaturated/α-hetero) is 1. The molecular weight excluding hydrogens is 192 g/mol. The predicted octanol–water partition coefficient (Wildman–Crippen LogP) is 2.50. The van der Waals surface area contributed by atoms with Gasteiger partial charge in [-0.05, 0) is 40.5 Å². The van der Waals surface area contributed by atoms with E-state index in [9.17, 15) is 9.59 Å². The van der Waals surface area contributed by atoms with E-state index >= 15 is 0 Å². The number of ketones is 1. The molecule has 15 heavy (non-hydrogen) atoms. The summed E-state index contributed by atoms with van der Waals surface area (Å²) in [5, 5.41) is 0. The second-order valence-corrected chi connectivity index (χ2v) is 3.77. The van der Waals surface area contributed by atoms with Crippen LogP contribution in [0.2, 0.25) is 0 Å². The van der Waals surface area contributed by atoms with Crippen molar-refractivity contribution >= 4 is 11.8 Å². The van der Waals surface area contributed by atoms with Crippen LogP contribution in [0.25, 0.3) is 0 Å². The summed E-state index contributed by atoms with van der Waals surface area (Å²) >= 11 is 0. The van der Waals surface area contributed by atoms with Gasteiger partial charge in [-0.2, -0.15) is 0 Å². The first kappa shape index (κ1) is 13.9. The normalized spacial score (nSPS) is 11.7. The maximum Gasteiger partial charge on any atom is 0.316 e. The molecule has 0 spiro atoms. The van der Waals surface area contributed by atoms with Gasteiger partial charge in [0.1, 0.15) is 11.7 Å². The number of esters is 1. The van der Waals surface area contributed by atoms with Gasteiger partial charge >= 0.3 is 5.97 Å². The van der Waals surface area contributed by atoms with Gasteiger partial charge in [0, 0.05) is 0 Å². The highest BCUT2D eigenvalue weighted by atomic mass is 16.5. The quantitative estimate of drug-likeness (QED) is 0.386. The molecule has 0 aromatic rings. The SMILES string of the molecule is CCOC(=O)C(CCC=C(C)C)C(C)=O. The van der Waals surface area contributed by atoms with E-state index in [1.54, 1.807) is 6.92 Å². The van der Waals surface area contributed by atoms with E-state index in [0.29, 0.717) is 13.0 Å². The fourth-order valence-electron chi connectivity index (χ4n) is 1.27. The van der Waals surface area contributed by atoms with Crippen molar-refractivity contribution in [3.63, 3.8) is 0 Å². The smallest absolute Gasteiger partial charge is 0.316 e. The molecular formula is C12H20O3. The summed E-state index contributed by atoms with van der Waals surface area (Å²) in [6, 6.07) is 0. The largest absolute Gasteiger partial charge is 0.465 e. The minimum Gasteiger partial charge on any atom is -0.465 e. The van der Waals surface area contributed by atoms with Crippen LogP contribution in [-0.4, -0.2) is 18.4 Å². The lowest BCUT2D eigenvalue weighted by Gasteiger charge is -2.11. The van der Waals surface area contributed by atoms with Crippen LogP contribution < -0.4 is 0 Å². The molecule has 3 nitrogen and oxygen atoms in total. The van der Waals surface area contributed by atoms with Gasteiger partial charge in [0.05, 0.1) is 6.61 Å². The number of rotatable bonds is 6. The number of hydrogen-bond donors (Lipinski definition) is 0. The number of carbonyl (C=O) groups excluding carboxylic acids is 2. The molecule has 1 unspecified atom stereocenters. The zero-order valence-corrected chi connectivity index (χ0v) is 10.0. The Bertz CT molecular complexity index is 250. The highest BCUT2D eigenvalue weighted by Gasteiger charge is 2.23. The average molecular weight is 212 g/mol. The van der Waals surface area contributed by atoms with Crippen molar-refractivity contribution in [2.75, 3.05) is 6.61 Å². The van der Waals surface area contributed by atoms with Crippen LogP contribution in [0, 0.1) is 5.92 Å². The Labute approximate surface area is 91.5 Å². The van der Waals surface area contributed by atoms with Gasteiger partial charge in [-0.3, -0.25) is 9.59 Å². The summed E-state index contributed by atoms with van der Waals surface area (Å²) in [4.78, 5) is 22.6. The highest BCUT2D eigenvalue weighted by Crippen LogP contribution is 2.11. The molecule has 0 bridgehead atoms. The molecule has 0 fully saturated rings. The monoisotopic (exact) mass is 212 g/mol. The van der Waals surface area contributed by atoms with Crippen LogP contribution in [0.4, 0.5) is 0 Å². The number of ether oxygens (including phenoxy) is 1. The van der Waals surface area contributed by atoms with E-state index in [1.807, 2.05) is 19.9 Å². The Balaban J connectivity index is 4.23. The van der Waals surface area contributed by atoms with Crippen molar-refractivity contribution in [3.05, 3.63) is 11.6 Å². The lowest BCUT2D eigenvalue weighted by Crippen LogP contribution is -2.24. The number of carbonyl (C=O) groups is 2. The summed E-state index contributed by atoms with van der Waals surface area (Å²) in [6.07, 6.45) is 3.31. The second-order valence-electron chi connectivity index (χ2n) is 3.77. The van der Waals surface area contributed by atoms with Crippen LogP contribution in [0.5, 0.6) is 0 Å². The van der Waals surface area contributed by atoms with E-state index in [2.05, 4.69) is 0 Å². The fourth-order valence-corrected chi connectivity index (χ4v) is 1.27. The lowest BCUT2D eigenvalue weighted by molar-refractivity contribution is -0.151. The minimum atomic E-state index is -0.597. The zero-order valence-electron chi connectivity index (χ0n) is 10.0. The Morgan fingerprint density at radius 1 is 1.27 bits per heavy atom. The molecule has 0 saturated heterocycles. The Morgan fingerprint density at radius 3 is 2.27 bits per heavy atom. The number of allylic oxidation sites excluding steroid dienone is 2. The first-order chi connectivity index (χ1) is 6.99. The molecule has 0 N–H and O–H groups in total. The molecule has 86 valence electrons. The van der Waals surface area contributed by atoms with Gasteiger partial charge in [0.25, 0.3) is 0 Å². The number of hydrogen-bond acceptors (Lipinski definition) is 3. The molecule has 0 heterocycles. The third-order valence-corrected chi connectivity index (χ3v) is 2.07. The second kappa shape index (κ2) is 7.21. The molecule has 0 rings (SSSR count). The first-order valence-electron chi connectivity index (χ1n) is 5.29. The van der Waals surface area contributed by atoms with Crippen LogP contribution >= 0.6 is 0 Å². The molecule has 0 saturated carbocycles. The third kappa shape index (κ3) is 6.05. The average Bonchev–Trinajstić information content (AvgIpc) is 2.11. The summed E-state index contributed by atoms with van der Waals surface area (Å²) in [7, 11) is 0. The standard InChI is InChI=1S/C12H20O3/c1-5-15-12(14)11(10(4)13)8-6-7-9(2)3/h7,11H,5-6,8H2,1-4H3. The van der Waals surface area contributed by atoms with Gasteiger partial charge in [0.2, 0.25) is 0 Å². The molecule has 1 atom stereocenters. The lowest BCUT2D eigenvalue weighted by atomic mass is 9.99. The van der Waals surface area contributed by atoms with Crippen LogP contribution in [0.1, 0.15) is 40.5 Å². The summed E-state index contributed by atoms with van der Waals surface area (Å²) < 4.78 is 4.84. The maximum atomic E-state index is 11.4. The molecule has 0 aliphatic carbocycles. The van der Waals surface area contributed by atoms with Crippen LogP contribution in [-0.2, 0) is 14.3 Å². The summed E-state index contributed by atoms with van der Waals surface area (Å²) in [5.74, 6) is -1.11. The van der Waals surface area contributed by atoms with Gasteiger partial charge in [-0.25, -0.2) is 0 Å². The maximum absolute atomic E-state index is 11.4. The Morgan fingerprint density at radius 2 is 1.87 bits per heavy atom. The van der Waals surface area contributed by atoms with Crippen molar-refractivity contribution in [1.29, 1.82) is 0 Å². The van der Waals surface area contributed by atoms with Crippen LogP contribution in [0.3, 0.4) is 0 Å². The van der Waals surface area contributed by atoms with E-state index in [-0.39, 0.29) is 5.78 Å². The van der Waals surface area contributed by atoms with Crippen molar-refractivity contribution in [1.82, 2.24) is 0 Å². The highest BCUT2D eigenvalue weighted by molar-refractivity contribution is 5.97. The van der Waals surface area contributed by atoms with Crippen molar-refractivity contribution < 1.29 is 14.3 Å². The van der Waals surface area contributed by atoms with Crippen molar-refractivity contribution in [2.45, 2.75) is 40.5 Å². The van der Waals surface area contributed by atoms with E-state index in [1.165, 1.54) is 12.5 Å². The zero-order chi connectivity index (χ0) is 11.8. The van der Waals surface area contributed by atoms with E-state index < -0.39 is 11.9 Å². The van der Waals surface area contributed by atoms with Gasteiger partial charge in [-0.15, -0.1) is 0 Å². The van der Waals surface area contributed by atoms with Crippen molar-refractivity contribution in [2.24, 2.45) is 5.92 Å². The molecule has 0 aromatic heterocycles. The first-order valence-corrected chi connectivity index (χ1v) is 5.29. The molecule has 0 amide bonds. The third-order valence-electron chi connectivity index (χ3n) is 2.07. The molecule has 0 radical (unpaired) electrons. The van der Waals surface area contributed by atoms with Gasteiger partial charge in [0.15, 0.2) is 0 Å². The summed E-state index contributed by atoms with van der Waals surface area (Å²) in [6.45, 7) is 7.49. The topological polar surface area (TPSA) is 43.4 Å². The van der Waals surface area contributed by atoms with Crippen molar-refractivity contribution in [3.8, 4) is 0 Å². The van der Waals surface area contributed by atoms with Crippen LogP contribution in [0.15, 0.2) is 11.6 Å². The molecule has 0 aromatic carbocycles. The summed E-state index contributed by atoms with van der Waals surface area (Å²) in [5.41, 5.74) is 1.20. The van der Waals surface area contributed by atoms with Gasteiger partial charge in [-0.1, -0.05) is 11.6 Å². The van der Waals surface area contributed by atoms with Gasteiger partial charge < -0.3 is 4.74 Å². The predicted molar refractivity (Wildman–Crippen MR) is 59.5 cm³/mol. The van der Waals surface area contributed by atoms with E-state index in [0.717, 1.165) is 6.42 Å². The fraction of sp³-hybridized carbons (Fsp3) is 0.667. The molecule has 0 aliphatic rings. The minimum absolute atomic E-state index is 0.115. The molecule has 0 aliphatic heterocycles. The Hall–Kier alpha value is -1.12. The van der Waals surface area contributed by atoms with E-state index in [4.69, 9.17) is 4.74 Å². The molecule has 3 heteroatoms. The Kier molecular flexibility index (Phi) is 6.67.